The summed E-state index contributed by atoms with van der Waals surface area (Å²) in [7, 11) is 0. The van der Waals surface area contributed by atoms with Gasteiger partial charge in [-0.3, -0.25) is 10.1 Å². The Morgan fingerprint density at radius 3 is 3.06 bits per heavy atom. The van der Waals surface area contributed by atoms with E-state index >= 15 is 0 Å². The average Bonchev–Trinajstić information content (AvgIpc) is 2.61. The van der Waals surface area contributed by atoms with E-state index in [-0.39, 0.29) is 6.04 Å². The predicted molar refractivity (Wildman–Crippen MR) is 64.3 cm³/mol. The molecule has 1 aliphatic heterocycles. The summed E-state index contributed by atoms with van der Waals surface area (Å²) in [6, 6.07) is 3.57. The second-order valence-corrected chi connectivity index (χ2v) is 4.13. The van der Waals surface area contributed by atoms with Crippen molar-refractivity contribution in [3.05, 3.63) is 45.6 Å². The summed E-state index contributed by atoms with van der Waals surface area (Å²) in [5, 5.41) is 13.9. The van der Waals surface area contributed by atoms with Gasteiger partial charge in [-0.05, 0) is 19.1 Å². The second kappa shape index (κ2) is 4.58. The van der Waals surface area contributed by atoms with Gasteiger partial charge in [-0.1, -0.05) is 11.6 Å². The van der Waals surface area contributed by atoms with Gasteiger partial charge in [0.15, 0.2) is 5.82 Å². The van der Waals surface area contributed by atoms with Crippen molar-refractivity contribution >= 4 is 17.3 Å². The number of hydrogen-bond acceptors (Lipinski definition) is 5. The van der Waals surface area contributed by atoms with E-state index in [0.717, 1.165) is 11.9 Å². The van der Waals surface area contributed by atoms with E-state index < -0.39 is 4.92 Å². The number of hydrogen-bond donors (Lipinski definition) is 1. The van der Waals surface area contributed by atoms with Gasteiger partial charge in [0, 0.05) is 6.54 Å². The highest BCUT2D eigenvalue weighted by Gasteiger charge is 2.27. The molecule has 1 aromatic rings. The van der Waals surface area contributed by atoms with Crippen LogP contribution in [-0.2, 0) is 0 Å². The molecular formula is C10H11ClN4O2. The lowest BCUT2D eigenvalue weighted by Crippen LogP contribution is -2.27. The highest BCUT2D eigenvalue weighted by Crippen LogP contribution is 2.24. The molecule has 6 nitrogen and oxygen atoms in total. The van der Waals surface area contributed by atoms with Gasteiger partial charge >= 0.3 is 0 Å². The van der Waals surface area contributed by atoms with Crippen LogP contribution in [0.5, 0.6) is 0 Å². The van der Waals surface area contributed by atoms with Gasteiger partial charge in [-0.25, -0.2) is 4.98 Å². The number of nitro groups is 1. The van der Waals surface area contributed by atoms with Gasteiger partial charge in [-0.15, -0.1) is 0 Å². The first-order valence-corrected chi connectivity index (χ1v) is 5.45. The molecule has 2 heterocycles. The predicted octanol–water partition coefficient (Wildman–Crippen LogP) is 1.61. The van der Waals surface area contributed by atoms with E-state index in [1.807, 2.05) is 11.8 Å². The molecule has 1 atom stereocenters. The van der Waals surface area contributed by atoms with Gasteiger partial charge in [-0.2, -0.15) is 0 Å². The van der Waals surface area contributed by atoms with E-state index in [4.69, 9.17) is 11.6 Å². The summed E-state index contributed by atoms with van der Waals surface area (Å²) in [6.07, 6.45) is 2.55. The lowest BCUT2D eigenvalue weighted by atomic mass is 10.3. The SMILES string of the molecule is C[C@@H]1CN/C(=C\[N+](=O)[O-])N1c1ccc(Cl)nc1. The van der Waals surface area contributed by atoms with Crippen molar-refractivity contribution in [3.63, 3.8) is 0 Å². The van der Waals surface area contributed by atoms with E-state index in [9.17, 15) is 10.1 Å². The molecule has 1 aromatic heterocycles. The minimum atomic E-state index is -0.475. The number of nitrogens with one attached hydrogen (secondary N) is 1. The molecule has 17 heavy (non-hydrogen) atoms. The lowest BCUT2D eigenvalue weighted by molar-refractivity contribution is -0.403. The molecule has 0 bridgehead atoms. The van der Waals surface area contributed by atoms with Crippen molar-refractivity contribution in [2.75, 3.05) is 11.4 Å². The van der Waals surface area contributed by atoms with E-state index in [1.54, 1.807) is 18.3 Å². The first-order valence-electron chi connectivity index (χ1n) is 5.08. The fourth-order valence-electron chi connectivity index (χ4n) is 1.78. The zero-order valence-electron chi connectivity index (χ0n) is 9.13. The van der Waals surface area contributed by atoms with Gasteiger partial charge in [0.05, 0.1) is 22.8 Å². The Morgan fingerprint density at radius 1 is 1.71 bits per heavy atom. The summed E-state index contributed by atoms with van der Waals surface area (Å²) < 4.78 is 0. The second-order valence-electron chi connectivity index (χ2n) is 3.74. The van der Waals surface area contributed by atoms with Crippen LogP contribution in [0.25, 0.3) is 0 Å². The maximum atomic E-state index is 10.5. The Bertz CT molecular complexity index is 460. The number of rotatable bonds is 2. The Kier molecular flexibility index (Phi) is 3.14. The van der Waals surface area contributed by atoms with Crippen molar-refractivity contribution in [1.29, 1.82) is 0 Å². The third kappa shape index (κ3) is 2.47. The molecule has 2 rings (SSSR count). The summed E-state index contributed by atoms with van der Waals surface area (Å²) in [5.41, 5.74) is 0.778. The Morgan fingerprint density at radius 2 is 2.47 bits per heavy atom. The summed E-state index contributed by atoms with van der Waals surface area (Å²) in [5.74, 6) is 0.464. The maximum Gasteiger partial charge on any atom is 0.274 e. The van der Waals surface area contributed by atoms with E-state index in [0.29, 0.717) is 17.5 Å². The van der Waals surface area contributed by atoms with Crippen LogP contribution in [0, 0.1) is 10.1 Å². The van der Waals surface area contributed by atoms with Gasteiger partial charge in [0.2, 0.25) is 0 Å². The zero-order valence-corrected chi connectivity index (χ0v) is 9.89. The fraction of sp³-hybridized carbons (Fsp3) is 0.300. The molecule has 7 heteroatoms. The number of aromatic nitrogens is 1. The molecule has 1 fully saturated rings. The maximum absolute atomic E-state index is 10.5. The molecule has 0 spiro atoms. The molecule has 0 aromatic carbocycles. The molecule has 0 saturated carbocycles. The Labute approximate surface area is 103 Å². The Balaban J connectivity index is 2.34. The minimum Gasteiger partial charge on any atom is -0.364 e. The van der Waals surface area contributed by atoms with Crippen LogP contribution in [0.15, 0.2) is 30.4 Å². The fourth-order valence-corrected chi connectivity index (χ4v) is 1.89. The third-order valence-electron chi connectivity index (χ3n) is 2.50. The van der Waals surface area contributed by atoms with Crippen LogP contribution in [0.3, 0.4) is 0 Å². The number of nitrogens with zero attached hydrogens (tertiary/aromatic N) is 3. The van der Waals surface area contributed by atoms with Crippen LogP contribution in [0.4, 0.5) is 5.69 Å². The molecule has 0 aliphatic carbocycles. The molecular weight excluding hydrogens is 244 g/mol. The quantitative estimate of drug-likeness (QED) is 0.493. The van der Waals surface area contributed by atoms with Crippen LogP contribution >= 0.6 is 11.6 Å². The summed E-state index contributed by atoms with van der Waals surface area (Å²) in [6.45, 7) is 2.63. The first kappa shape index (κ1) is 11.7. The number of anilines is 1. The van der Waals surface area contributed by atoms with Crippen LogP contribution in [0.1, 0.15) is 6.92 Å². The number of halogens is 1. The van der Waals surface area contributed by atoms with Crippen molar-refractivity contribution in [3.8, 4) is 0 Å². The van der Waals surface area contributed by atoms with E-state index in [2.05, 4.69) is 10.3 Å². The van der Waals surface area contributed by atoms with Crippen molar-refractivity contribution < 1.29 is 4.92 Å². The lowest BCUT2D eigenvalue weighted by Gasteiger charge is -2.21. The monoisotopic (exact) mass is 254 g/mol. The van der Waals surface area contributed by atoms with Crippen molar-refractivity contribution in [2.24, 2.45) is 0 Å². The van der Waals surface area contributed by atoms with Crippen LogP contribution in [0.2, 0.25) is 5.15 Å². The van der Waals surface area contributed by atoms with Crippen LogP contribution in [-0.4, -0.2) is 22.5 Å². The van der Waals surface area contributed by atoms with Crippen LogP contribution < -0.4 is 10.2 Å². The molecule has 90 valence electrons. The Hall–Kier alpha value is -1.82. The average molecular weight is 255 g/mol. The van der Waals surface area contributed by atoms with Crippen molar-refractivity contribution in [2.45, 2.75) is 13.0 Å². The minimum absolute atomic E-state index is 0.129. The zero-order chi connectivity index (χ0) is 12.4. The molecule has 1 saturated heterocycles. The number of pyridine rings is 1. The molecule has 0 unspecified atom stereocenters. The van der Waals surface area contributed by atoms with Gasteiger partial charge in [0.25, 0.3) is 6.20 Å². The van der Waals surface area contributed by atoms with E-state index in [1.165, 1.54) is 0 Å². The molecule has 1 aliphatic rings. The smallest absolute Gasteiger partial charge is 0.274 e. The van der Waals surface area contributed by atoms with Gasteiger partial charge in [0.1, 0.15) is 5.15 Å². The van der Waals surface area contributed by atoms with Gasteiger partial charge < -0.3 is 10.2 Å². The molecule has 0 radical (unpaired) electrons. The first-order chi connectivity index (χ1) is 8.08. The summed E-state index contributed by atoms with van der Waals surface area (Å²) in [4.78, 5) is 15.8. The molecule has 1 N–H and O–H groups in total. The largest absolute Gasteiger partial charge is 0.364 e. The third-order valence-corrected chi connectivity index (χ3v) is 2.72. The standard InChI is InChI=1S/C10H11ClN4O2/c1-7-4-13-10(6-14(16)17)15(7)8-2-3-9(11)12-5-8/h2-3,5-7,13H,4H2,1H3/b10-6+/t7-/m1/s1. The summed E-state index contributed by atoms with van der Waals surface area (Å²) >= 11 is 5.71. The van der Waals surface area contributed by atoms with Crippen molar-refractivity contribution in [1.82, 2.24) is 10.3 Å². The normalized spacial score (nSPS) is 21.6. The highest BCUT2D eigenvalue weighted by atomic mass is 35.5. The highest BCUT2D eigenvalue weighted by molar-refractivity contribution is 6.29. The topological polar surface area (TPSA) is 71.3 Å². The molecule has 0 amide bonds.